The van der Waals surface area contributed by atoms with Crippen molar-refractivity contribution in [1.29, 1.82) is 0 Å². The van der Waals surface area contributed by atoms with Crippen molar-refractivity contribution < 1.29 is 18.3 Å². The molecular weight excluding hydrogens is 274 g/mol. The third-order valence-electron chi connectivity index (χ3n) is 3.06. The van der Waals surface area contributed by atoms with Crippen molar-refractivity contribution in [3.63, 3.8) is 0 Å². The molecule has 0 amide bonds. The van der Waals surface area contributed by atoms with Crippen molar-refractivity contribution in [1.82, 2.24) is 4.98 Å². The second-order valence-corrected chi connectivity index (χ2v) is 7.94. The third kappa shape index (κ3) is 3.52. The van der Waals surface area contributed by atoms with Gasteiger partial charge in [-0.2, -0.15) is 0 Å². The van der Waals surface area contributed by atoms with E-state index in [9.17, 15) is 13.2 Å². The summed E-state index contributed by atoms with van der Waals surface area (Å²) in [5, 5.41) is 9.55. The molecule has 1 aromatic rings. The van der Waals surface area contributed by atoms with Crippen LogP contribution in [0.4, 0.5) is 0 Å². The van der Waals surface area contributed by atoms with Gasteiger partial charge in [-0.15, -0.1) is 11.3 Å². The van der Waals surface area contributed by atoms with Gasteiger partial charge in [0.15, 0.2) is 0 Å². The lowest BCUT2D eigenvalue weighted by Crippen LogP contribution is -2.21. The van der Waals surface area contributed by atoms with E-state index < -0.39 is 15.8 Å². The number of carboxylic acids is 1. The number of carbonyl (C=O) groups is 1. The summed E-state index contributed by atoms with van der Waals surface area (Å²) in [7, 11) is -2.84. The number of nitrogens with zero attached hydrogens (tertiary/aromatic N) is 1. The maximum atomic E-state index is 11.3. The number of sulfone groups is 1. The zero-order valence-corrected chi connectivity index (χ0v) is 11.5. The maximum absolute atomic E-state index is 11.3. The predicted molar refractivity (Wildman–Crippen MR) is 68.7 cm³/mol. The Labute approximate surface area is 110 Å². The minimum atomic E-state index is -2.84. The fourth-order valence-corrected chi connectivity index (χ4v) is 4.57. The van der Waals surface area contributed by atoms with Crippen LogP contribution in [0.1, 0.15) is 35.1 Å². The van der Waals surface area contributed by atoms with E-state index in [1.807, 2.05) is 0 Å². The van der Waals surface area contributed by atoms with E-state index in [0.717, 1.165) is 9.88 Å². The van der Waals surface area contributed by atoms with E-state index in [-0.39, 0.29) is 23.8 Å². The molecule has 7 heteroatoms. The molecule has 0 radical (unpaired) electrons. The van der Waals surface area contributed by atoms with Crippen molar-refractivity contribution in [3.05, 3.63) is 16.1 Å². The van der Waals surface area contributed by atoms with Gasteiger partial charge in [0.05, 0.1) is 22.9 Å². The summed E-state index contributed by atoms with van der Waals surface area (Å²) >= 11 is 1.51. The molecule has 0 saturated carbocycles. The Morgan fingerprint density at radius 3 is 2.72 bits per heavy atom. The highest BCUT2D eigenvalue weighted by Gasteiger charge is 2.26. The number of aromatic nitrogens is 1. The topological polar surface area (TPSA) is 84.3 Å². The molecule has 1 fully saturated rings. The van der Waals surface area contributed by atoms with E-state index >= 15 is 0 Å². The Balaban J connectivity index is 1.96. The lowest BCUT2D eigenvalue weighted by Gasteiger charge is -2.19. The molecule has 0 aromatic carbocycles. The standard InChI is InChI=1S/C11H15NO4S2/c13-10(14)2-1-9-7-12-11(17-9)8-3-5-18(15,16)6-4-8/h7-8H,1-6H2,(H,13,14). The van der Waals surface area contributed by atoms with Crippen LogP contribution in [0.15, 0.2) is 6.20 Å². The Morgan fingerprint density at radius 1 is 1.44 bits per heavy atom. The lowest BCUT2D eigenvalue weighted by atomic mass is 10.0. The SMILES string of the molecule is O=C(O)CCc1cnc(C2CCS(=O)(=O)CC2)s1. The highest BCUT2D eigenvalue weighted by molar-refractivity contribution is 7.91. The minimum absolute atomic E-state index is 0.112. The maximum Gasteiger partial charge on any atom is 0.303 e. The Hall–Kier alpha value is -0.950. The van der Waals surface area contributed by atoms with E-state index in [1.54, 1.807) is 6.20 Å². The summed E-state index contributed by atoms with van der Waals surface area (Å²) in [6.45, 7) is 0. The highest BCUT2D eigenvalue weighted by atomic mass is 32.2. The summed E-state index contributed by atoms with van der Waals surface area (Å²) in [6, 6.07) is 0. The average Bonchev–Trinajstić information content (AvgIpc) is 2.75. The van der Waals surface area contributed by atoms with Gasteiger partial charge in [-0.1, -0.05) is 0 Å². The van der Waals surface area contributed by atoms with Crippen LogP contribution in [0.5, 0.6) is 0 Å². The molecule has 0 unspecified atom stereocenters. The number of hydrogen-bond donors (Lipinski definition) is 1. The number of hydrogen-bond acceptors (Lipinski definition) is 5. The smallest absolute Gasteiger partial charge is 0.303 e. The zero-order valence-electron chi connectivity index (χ0n) is 9.83. The largest absolute Gasteiger partial charge is 0.481 e. The van der Waals surface area contributed by atoms with Crippen molar-refractivity contribution in [2.24, 2.45) is 0 Å². The molecule has 0 aliphatic carbocycles. The molecule has 1 aliphatic heterocycles. The molecule has 2 heterocycles. The van der Waals surface area contributed by atoms with Gasteiger partial charge in [-0.05, 0) is 19.3 Å². The van der Waals surface area contributed by atoms with Crippen LogP contribution in [0, 0.1) is 0 Å². The first-order chi connectivity index (χ1) is 8.46. The van der Waals surface area contributed by atoms with Crippen LogP contribution in [0.2, 0.25) is 0 Å². The van der Waals surface area contributed by atoms with Crippen LogP contribution in [-0.2, 0) is 21.1 Å². The summed E-state index contributed by atoms with van der Waals surface area (Å²) in [5.74, 6) is -0.116. The summed E-state index contributed by atoms with van der Waals surface area (Å²) in [4.78, 5) is 15.7. The van der Waals surface area contributed by atoms with Gasteiger partial charge in [0.2, 0.25) is 0 Å². The quantitative estimate of drug-likeness (QED) is 0.907. The molecule has 1 aliphatic rings. The number of aryl methyl sites for hydroxylation is 1. The highest BCUT2D eigenvalue weighted by Crippen LogP contribution is 2.32. The molecule has 0 atom stereocenters. The van der Waals surface area contributed by atoms with Crippen molar-refractivity contribution in [3.8, 4) is 0 Å². The van der Waals surface area contributed by atoms with Crippen LogP contribution in [0.3, 0.4) is 0 Å². The first-order valence-electron chi connectivity index (χ1n) is 5.83. The Morgan fingerprint density at radius 2 is 2.11 bits per heavy atom. The fraction of sp³-hybridized carbons (Fsp3) is 0.636. The molecule has 5 nitrogen and oxygen atoms in total. The van der Waals surface area contributed by atoms with E-state index in [4.69, 9.17) is 5.11 Å². The first kappa shape index (κ1) is 13.5. The normalized spacial score (nSPS) is 19.8. The number of carboxylic acid groups (broad SMARTS) is 1. The van der Waals surface area contributed by atoms with Gasteiger partial charge >= 0.3 is 5.97 Å². The van der Waals surface area contributed by atoms with Crippen molar-refractivity contribution >= 4 is 27.1 Å². The van der Waals surface area contributed by atoms with Crippen molar-refractivity contribution in [2.45, 2.75) is 31.6 Å². The number of rotatable bonds is 4. The fourth-order valence-electron chi connectivity index (χ4n) is 1.99. The van der Waals surface area contributed by atoms with Gasteiger partial charge in [0, 0.05) is 17.0 Å². The van der Waals surface area contributed by atoms with Gasteiger partial charge in [-0.25, -0.2) is 13.4 Å². The first-order valence-corrected chi connectivity index (χ1v) is 8.47. The zero-order chi connectivity index (χ0) is 13.2. The second kappa shape index (κ2) is 5.36. The van der Waals surface area contributed by atoms with Gasteiger partial charge in [0.25, 0.3) is 0 Å². The molecule has 1 saturated heterocycles. The monoisotopic (exact) mass is 289 g/mol. The summed E-state index contributed by atoms with van der Waals surface area (Å²) in [6.07, 6.45) is 3.59. The third-order valence-corrected chi connectivity index (χ3v) is 6.00. The lowest BCUT2D eigenvalue weighted by molar-refractivity contribution is -0.136. The molecular formula is C11H15NO4S2. The van der Waals surface area contributed by atoms with Crippen LogP contribution in [0.25, 0.3) is 0 Å². The average molecular weight is 289 g/mol. The molecule has 2 rings (SSSR count). The molecule has 100 valence electrons. The molecule has 1 N–H and O–H groups in total. The van der Waals surface area contributed by atoms with Crippen LogP contribution in [-0.4, -0.2) is 36.0 Å². The van der Waals surface area contributed by atoms with Gasteiger partial charge in [-0.3, -0.25) is 4.79 Å². The van der Waals surface area contributed by atoms with Crippen LogP contribution >= 0.6 is 11.3 Å². The van der Waals surface area contributed by atoms with E-state index in [1.165, 1.54) is 11.3 Å². The summed E-state index contributed by atoms with van der Waals surface area (Å²) in [5.41, 5.74) is 0. The van der Waals surface area contributed by atoms with Crippen molar-refractivity contribution in [2.75, 3.05) is 11.5 Å². The van der Waals surface area contributed by atoms with Crippen LogP contribution < -0.4 is 0 Å². The number of thiazole rings is 1. The number of aliphatic carboxylic acids is 1. The summed E-state index contributed by atoms with van der Waals surface area (Å²) < 4.78 is 22.7. The van der Waals surface area contributed by atoms with E-state index in [0.29, 0.717) is 19.3 Å². The molecule has 0 bridgehead atoms. The molecule has 1 aromatic heterocycles. The van der Waals surface area contributed by atoms with E-state index in [2.05, 4.69) is 4.98 Å². The Kier molecular flexibility index (Phi) is 4.01. The van der Waals surface area contributed by atoms with Gasteiger partial charge in [0.1, 0.15) is 9.84 Å². The van der Waals surface area contributed by atoms with Gasteiger partial charge < -0.3 is 5.11 Å². The molecule has 18 heavy (non-hydrogen) atoms. The Bertz CT molecular complexity index is 521. The predicted octanol–water partition coefficient (Wildman–Crippen LogP) is 1.45. The minimum Gasteiger partial charge on any atom is -0.481 e. The molecule has 0 spiro atoms. The second-order valence-electron chi connectivity index (χ2n) is 4.48.